The van der Waals surface area contributed by atoms with Gasteiger partial charge in [0.15, 0.2) is 0 Å². The molecular formula is C29H27F2N5O. The number of hydrogen-bond donors (Lipinski definition) is 0. The molecule has 188 valence electrons. The number of hydrogen-bond acceptors (Lipinski definition) is 6. The molecule has 2 aliphatic carbocycles. The van der Waals surface area contributed by atoms with Crippen LogP contribution in [-0.2, 0) is 5.41 Å². The Balaban J connectivity index is 1.43. The molecule has 1 saturated carbocycles. The fourth-order valence-electron chi connectivity index (χ4n) is 6.29. The Morgan fingerprint density at radius 3 is 2.54 bits per heavy atom. The van der Waals surface area contributed by atoms with Crippen LogP contribution in [0.15, 0.2) is 55.0 Å². The van der Waals surface area contributed by atoms with E-state index in [-0.39, 0.29) is 22.6 Å². The maximum atomic E-state index is 14.5. The highest BCUT2D eigenvalue weighted by Crippen LogP contribution is 2.69. The zero-order valence-corrected chi connectivity index (χ0v) is 21.0. The highest BCUT2D eigenvalue weighted by molar-refractivity contribution is 5.64. The highest BCUT2D eigenvalue weighted by Gasteiger charge is 2.65. The summed E-state index contributed by atoms with van der Waals surface area (Å²) in [6, 6.07) is 9.42. The van der Waals surface area contributed by atoms with Gasteiger partial charge in [0.2, 0.25) is 5.88 Å². The molecule has 6 nitrogen and oxygen atoms in total. The van der Waals surface area contributed by atoms with E-state index in [0.717, 1.165) is 41.8 Å². The first-order valence-electron chi connectivity index (χ1n) is 12.6. The van der Waals surface area contributed by atoms with Gasteiger partial charge in [-0.3, -0.25) is 4.98 Å². The Morgan fingerprint density at radius 1 is 1.00 bits per heavy atom. The second-order valence-corrected chi connectivity index (χ2v) is 10.4. The van der Waals surface area contributed by atoms with Crippen molar-refractivity contribution in [2.75, 3.05) is 6.61 Å². The second kappa shape index (κ2) is 8.64. The topological polar surface area (TPSA) is 73.7 Å². The van der Waals surface area contributed by atoms with Gasteiger partial charge in [-0.1, -0.05) is 26.8 Å². The third-order valence-electron chi connectivity index (χ3n) is 8.16. The molecule has 3 heterocycles. The predicted octanol–water partition coefficient (Wildman–Crippen LogP) is 6.27. The fourth-order valence-corrected chi connectivity index (χ4v) is 6.29. The average Bonchev–Trinajstić information content (AvgIpc) is 3.28. The van der Waals surface area contributed by atoms with E-state index < -0.39 is 17.0 Å². The maximum Gasteiger partial charge on any atom is 0.213 e. The molecule has 0 amide bonds. The lowest BCUT2D eigenvalue weighted by molar-refractivity contribution is 0.242. The number of fused-ring (bicyclic) bond motifs is 5. The standard InChI is InChI=1S/C29H27F2N5O/c1-4-12-37-25-9-8-17(14-33-25)23-15-32-16-24(34-23)29-11-10-19(28(29,2)3)18-13-22(35-36-27(18)29)26-20(30)6-5-7-21(26)31/h5-9,13-16,19H,4,10-12H2,1-3H3/t19-,29-/m0/s1. The minimum atomic E-state index is -0.648. The Morgan fingerprint density at radius 2 is 1.81 bits per heavy atom. The molecule has 1 aromatic carbocycles. The van der Waals surface area contributed by atoms with Gasteiger partial charge in [-0.15, -0.1) is 5.10 Å². The Bertz CT molecular complexity index is 1470. The third kappa shape index (κ3) is 3.45. The zero-order chi connectivity index (χ0) is 25.8. The van der Waals surface area contributed by atoms with E-state index in [9.17, 15) is 8.78 Å². The van der Waals surface area contributed by atoms with Crippen molar-refractivity contribution in [2.45, 2.75) is 51.4 Å². The summed E-state index contributed by atoms with van der Waals surface area (Å²) >= 11 is 0. The van der Waals surface area contributed by atoms with E-state index in [1.54, 1.807) is 18.6 Å². The van der Waals surface area contributed by atoms with Crippen molar-refractivity contribution in [1.82, 2.24) is 25.1 Å². The lowest BCUT2D eigenvalue weighted by atomic mass is 9.66. The molecule has 0 N–H and O–H groups in total. The maximum absolute atomic E-state index is 14.5. The van der Waals surface area contributed by atoms with Crippen LogP contribution in [0, 0.1) is 17.0 Å². The Kier molecular flexibility index (Phi) is 5.51. The first-order chi connectivity index (χ1) is 17.9. The number of pyridine rings is 1. The van der Waals surface area contributed by atoms with Gasteiger partial charge in [0.05, 0.1) is 46.6 Å². The predicted molar refractivity (Wildman–Crippen MR) is 135 cm³/mol. The van der Waals surface area contributed by atoms with Gasteiger partial charge >= 0.3 is 0 Å². The van der Waals surface area contributed by atoms with E-state index in [0.29, 0.717) is 18.2 Å². The third-order valence-corrected chi connectivity index (χ3v) is 8.16. The summed E-state index contributed by atoms with van der Waals surface area (Å²) in [7, 11) is 0. The summed E-state index contributed by atoms with van der Waals surface area (Å²) in [6.07, 6.45) is 7.96. The van der Waals surface area contributed by atoms with Gasteiger partial charge in [0.25, 0.3) is 0 Å². The number of aromatic nitrogens is 5. The monoisotopic (exact) mass is 499 g/mol. The SMILES string of the molecule is CCCOc1ccc(-c2cncc([C@@]34CC[C@@H](c5cc(-c6c(F)cccc6F)nnc53)C4(C)C)n2)cn1. The lowest BCUT2D eigenvalue weighted by Crippen LogP contribution is -2.38. The molecule has 4 aromatic rings. The van der Waals surface area contributed by atoms with Crippen molar-refractivity contribution < 1.29 is 13.5 Å². The summed E-state index contributed by atoms with van der Waals surface area (Å²) in [4.78, 5) is 14.0. The van der Waals surface area contributed by atoms with Gasteiger partial charge in [-0.25, -0.2) is 18.7 Å². The normalized spacial score (nSPS) is 21.2. The number of ether oxygens (including phenoxy) is 1. The van der Waals surface area contributed by atoms with Crippen molar-refractivity contribution in [3.05, 3.63) is 83.6 Å². The van der Waals surface area contributed by atoms with Gasteiger partial charge in [-0.2, -0.15) is 5.10 Å². The van der Waals surface area contributed by atoms with Gasteiger partial charge in [0, 0.05) is 24.0 Å². The van der Waals surface area contributed by atoms with Crippen molar-refractivity contribution in [3.63, 3.8) is 0 Å². The molecule has 0 aliphatic heterocycles. The van der Waals surface area contributed by atoms with Crippen LogP contribution >= 0.6 is 0 Å². The minimum Gasteiger partial charge on any atom is -0.478 e. The van der Waals surface area contributed by atoms with Crippen molar-refractivity contribution >= 4 is 0 Å². The molecule has 0 spiro atoms. The summed E-state index contributed by atoms with van der Waals surface area (Å²) in [5.74, 6) is -0.557. The minimum absolute atomic E-state index is 0.145. The highest BCUT2D eigenvalue weighted by atomic mass is 19.1. The summed E-state index contributed by atoms with van der Waals surface area (Å²) in [5, 5.41) is 8.92. The van der Waals surface area contributed by atoms with Gasteiger partial charge < -0.3 is 4.74 Å². The lowest BCUT2D eigenvalue weighted by Gasteiger charge is -2.37. The van der Waals surface area contributed by atoms with Crippen LogP contribution < -0.4 is 4.74 Å². The van der Waals surface area contributed by atoms with Crippen LogP contribution in [0.4, 0.5) is 8.78 Å². The zero-order valence-electron chi connectivity index (χ0n) is 21.0. The van der Waals surface area contributed by atoms with Crippen molar-refractivity contribution in [2.24, 2.45) is 5.41 Å². The molecule has 3 aromatic heterocycles. The number of benzene rings is 1. The molecule has 37 heavy (non-hydrogen) atoms. The van der Waals surface area contributed by atoms with E-state index in [1.165, 1.54) is 18.2 Å². The smallest absolute Gasteiger partial charge is 0.213 e. The van der Waals surface area contributed by atoms with Crippen LogP contribution in [0.2, 0.25) is 0 Å². The van der Waals surface area contributed by atoms with Crippen LogP contribution in [0.5, 0.6) is 5.88 Å². The molecular weight excluding hydrogens is 472 g/mol. The van der Waals surface area contributed by atoms with Gasteiger partial charge in [0.1, 0.15) is 11.6 Å². The van der Waals surface area contributed by atoms with Crippen LogP contribution in [0.1, 0.15) is 62.9 Å². The molecule has 6 rings (SSSR count). The van der Waals surface area contributed by atoms with Crippen LogP contribution in [0.25, 0.3) is 22.5 Å². The molecule has 1 fully saturated rings. The fraction of sp³-hybridized carbons (Fsp3) is 0.345. The molecule has 2 atom stereocenters. The Labute approximate surface area is 214 Å². The average molecular weight is 500 g/mol. The molecule has 2 bridgehead atoms. The Hall–Kier alpha value is -3.81. The summed E-state index contributed by atoms with van der Waals surface area (Å²) in [5.41, 5.74) is 3.51. The molecule has 0 unspecified atom stereocenters. The van der Waals surface area contributed by atoms with Crippen molar-refractivity contribution in [3.8, 4) is 28.4 Å². The molecule has 2 aliphatic rings. The number of halogens is 2. The summed E-state index contributed by atoms with van der Waals surface area (Å²) in [6.45, 7) is 7.09. The van der Waals surface area contributed by atoms with Crippen LogP contribution in [0.3, 0.4) is 0 Å². The molecule has 8 heteroatoms. The van der Waals surface area contributed by atoms with E-state index in [1.807, 2.05) is 18.2 Å². The number of rotatable bonds is 6. The first kappa shape index (κ1) is 23.6. The van der Waals surface area contributed by atoms with Crippen LogP contribution in [-0.4, -0.2) is 31.8 Å². The van der Waals surface area contributed by atoms with Gasteiger partial charge in [-0.05, 0) is 60.4 Å². The number of nitrogens with zero attached hydrogens (tertiary/aromatic N) is 5. The van der Waals surface area contributed by atoms with E-state index in [2.05, 4.69) is 40.9 Å². The molecule has 0 saturated heterocycles. The largest absolute Gasteiger partial charge is 0.478 e. The van der Waals surface area contributed by atoms with Crippen molar-refractivity contribution in [1.29, 1.82) is 0 Å². The van der Waals surface area contributed by atoms with E-state index in [4.69, 9.17) is 9.72 Å². The first-order valence-corrected chi connectivity index (χ1v) is 12.6. The van der Waals surface area contributed by atoms with E-state index >= 15 is 0 Å². The summed E-state index contributed by atoms with van der Waals surface area (Å²) < 4.78 is 34.6. The molecule has 0 radical (unpaired) electrons. The quantitative estimate of drug-likeness (QED) is 0.312. The second-order valence-electron chi connectivity index (χ2n) is 10.4.